The first-order chi connectivity index (χ1) is 9.47. The molecule has 5 heteroatoms. The summed E-state index contributed by atoms with van der Waals surface area (Å²) >= 11 is 0. The van der Waals surface area contributed by atoms with Crippen LogP contribution in [-0.2, 0) is 9.53 Å². The minimum atomic E-state index is -4.94. The molecule has 0 amide bonds. The van der Waals surface area contributed by atoms with Crippen LogP contribution in [0.5, 0.6) is 0 Å². The molecule has 1 aliphatic carbocycles. The van der Waals surface area contributed by atoms with Crippen LogP contribution in [0, 0.1) is 0 Å². The van der Waals surface area contributed by atoms with Gasteiger partial charge in [-0.3, -0.25) is 0 Å². The maximum atomic E-state index is 12.3. The number of benzene rings is 1. The van der Waals surface area contributed by atoms with Gasteiger partial charge in [0.05, 0.1) is 0 Å². The largest absolute Gasteiger partial charge is 0.490 e. The summed E-state index contributed by atoms with van der Waals surface area (Å²) < 4.78 is 41.4. The molecule has 1 aromatic carbocycles. The van der Waals surface area contributed by atoms with E-state index in [-0.39, 0.29) is 0 Å². The second kappa shape index (κ2) is 6.11. The monoisotopic (exact) mass is 284 g/mol. The summed E-state index contributed by atoms with van der Waals surface area (Å²) in [5.41, 5.74) is 1.65. The molecule has 1 unspecified atom stereocenters. The van der Waals surface area contributed by atoms with Gasteiger partial charge in [0.15, 0.2) is 0 Å². The Morgan fingerprint density at radius 2 is 1.90 bits per heavy atom. The van der Waals surface area contributed by atoms with E-state index in [4.69, 9.17) is 0 Å². The Labute approximate surface area is 115 Å². The average molecular weight is 284 g/mol. The molecular formula is C15H15F3O2. The van der Waals surface area contributed by atoms with E-state index in [1.54, 1.807) is 0 Å². The molecular weight excluding hydrogens is 269 g/mol. The average Bonchev–Trinajstić information content (AvgIpc) is 2.41. The van der Waals surface area contributed by atoms with Crippen molar-refractivity contribution in [1.29, 1.82) is 0 Å². The van der Waals surface area contributed by atoms with Gasteiger partial charge in [0.1, 0.15) is 6.10 Å². The predicted octanol–water partition coefficient (Wildman–Crippen LogP) is 4.12. The highest BCUT2D eigenvalue weighted by Crippen LogP contribution is 2.30. The zero-order valence-electron chi connectivity index (χ0n) is 10.8. The second-order valence-corrected chi connectivity index (χ2v) is 4.77. The summed E-state index contributed by atoms with van der Waals surface area (Å²) in [6.45, 7) is 0. The normalized spacial score (nSPS) is 21.8. The third-order valence-corrected chi connectivity index (χ3v) is 3.23. The van der Waals surface area contributed by atoms with Crippen molar-refractivity contribution < 1.29 is 22.7 Å². The molecule has 0 aliphatic heterocycles. The van der Waals surface area contributed by atoms with E-state index in [1.807, 2.05) is 36.4 Å². The highest BCUT2D eigenvalue weighted by Gasteiger charge is 2.42. The van der Waals surface area contributed by atoms with Gasteiger partial charge in [-0.05, 0) is 36.8 Å². The van der Waals surface area contributed by atoms with Crippen molar-refractivity contribution in [3.8, 4) is 0 Å². The molecule has 0 radical (unpaired) electrons. The number of halogens is 3. The standard InChI is InChI=1S/C15H15F3O2/c16-15(17,18)14(19)20-13-9-5-4-8-12(13)10-11-6-2-1-3-7-11/h1-3,6-7,10,13H,4-5,8-9H2/b12-10+. The molecule has 1 saturated carbocycles. The number of alkyl halides is 3. The fourth-order valence-corrected chi connectivity index (χ4v) is 2.26. The van der Waals surface area contributed by atoms with Crippen molar-refractivity contribution in [3.05, 3.63) is 41.5 Å². The van der Waals surface area contributed by atoms with Gasteiger partial charge in [0.25, 0.3) is 0 Å². The van der Waals surface area contributed by atoms with Gasteiger partial charge in [-0.1, -0.05) is 36.4 Å². The Bertz CT molecular complexity index is 492. The Balaban J connectivity index is 2.14. The summed E-state index contributed by atoms with van der Waals surface area (Å²) in [6, 6.07) is 9.30. The van der Waals surface area contributed by atoms with Crippen molar-refractivity contribution in [3.63, 3.8) is 0 Å². The van der Waals surface area contributed by atoms with E-state index in [1.165, 1.54) is 0 Å². The molecule has 108 valence electrons. The number of rotatable bonds is 2. The number of esters is 1. The van der Waals surface area contributed by atoms with Crippen LogP contribution < -0.4 is 0 Å². The lowest BCUT2D eigenvalue weighted by atomic mass is 9.90. The van der Waals surface area contributed by atoms with Crippen molar-refractivity contribution in [2.75, 3.05) is 0 Å². The molecule has 0 heterocycles. The summed E-state index contributed by atoms with van der Waals surface area (Å²) in [7, 11) is 0. The highest BCUT2D eigenvalue weighted by molar-refractivity contribution is 5.76. The van der Waals surface area contributed by atoms with Crippen LogP contribution in [0.1, 0.15) is 31.2 Å². The minimum absolute atomic E-state index is 0.445. The zero-order chi connectivity index (χ0) is 14.6. The number of carbonyl (C=O) groups is 1. The maximum Gasteiger partial charge on any atom is 0.490 e. The molecule has 2 nitrogen and oxygen atoms in total. The van der Waals surface area contributed by atoms with Gasteiger partial charge >= 0.3 is 12.1 Å². The maximum absolute atomic E-state index is 12.3. The highest BCUT2D eigenvalue weighted by atomic mass is 19.4. The van der Waals surface area contributed by atoms with E-state index in [0.717, 1.165) is 24.0 Å². The summed E-state index contributed by atoms with van der Waals surface area (Å²) in [5, 5.41) is 0. The minimum Gasteiger partial charge on any atom is -0.451 e. The lowest BCUT2D eigenvalue weighted by Crippen LogP contribution is -2.32. The van der Waals surface area contributed by atoms with Crippen LogP contribution >= 0.6 is 0 Å². The topological polar surface area (TPSA) is 26.3 Å². The molecule has 0 aromatic heterocycles. The SMILES string of the molecule is O=C(OC1CCCC/C1=C\c1ccccc1)C(F)(F)F. The van der Waals surface area contributed by atoms with Crippen LogP contribution in [-0.4, -0.2) is 18.2 Å². The van der Waals surface area contributed by atoms with E-state index in [2.05, 4.69) is 4.74 Å². The number of hydrogen-bond acceptors (Lipinski definition) is 2. The van der Waals surface area contributed by atoms with Gasteiger partial charge in [0, 0.05) is 0 Å². The number of hydrogen-bond donors (Lipinski definition) is 0. The Morgan fingerprint density at radius 3 is 2.55 bits per heavy atom. The molecule has 1 atom stereocenters. The lowest BCUT2D eigenvalue weighted by Gasteiger charge is -2.25. The summed E-state index contributed by atoms with van der Waals surface area (Å²) in [5.74, 6) is -2.11. The van der Waals surface area contributed by atoms with Crippen molar-refractivity contribution >= 4 is 12.0 Å². The van der Waals surface area contributed by atoms with E-state index in [9.17, 15) is 18.0 Å². The van der Waals surface area contributed by atoms with E-state index >= 15 is 0 Å². The first kappa shape index (κ1) is 14.6. The van der Waals surface area contributed by atoms with Crippen LogP contribution in [0.4, 0.5) is 13.2 Å². The third-order valence-electron chi connectivity index (χ3n) is 3.23. The first-order valence-electron chi connectivity index (χ1n) is 6.50. The number of carbonyl (C=O) groups excluding carboxylic acids is 1. The zero-order valence-corrected chi connectivity index (χ0v) is 10.8. The molecule has 0 N–H and O–H groups in total. The van der Waals surface area contributed by atoms with E-state index < -0.39 is 18.2 Å². The van der Waals surface area contributed by atoms with Crippen molar-refractivity contribution in [2.45, 2.75) is 38.0 Å². The van der Waals surface area contributed by atoms with Gasteiger partial charge in [0.2, 0.25) is 0 Å². The molecule has 20 heavy (non-hydrogen) atoms. The third kappa shape index (κ3) is 3.85. The van der Waals surface area contributed by atoms with Crippen LogP contribution in [0.25, 0.3) is 6.08 Å². The van der Waals surface area contributed by atoms with E-state index in [0.29, 0.717) is 12.8 Å². The molecule has 0 saturated heterocycles. The predicted molar refractivity (Wildman–Crippen MR) is 68.8 cm³/mol. The number of ether oxygens (including phenoxy) is 1. The molecule has 0 spiro atoms. The van der Waals surface area contributed by atoms with Crippen molar-refractivity contribution in [1.82, 2.24) is 0 Å². The van der Waals surface area contributed by atoms with Gasteiger partial charge in [-0.2, -0.15) is 13.2 Å². The Hall–Kier alpha value is -1.78. The summed E-state index contributed by atoms with van der Waals surface area (Å²) in [4.78, 5) is 11.0. The Kier molecular flexibility index (Phi) is 4.47. The van der Waals surface area contributed by atoms with Crippen LogP contribution in [0.15, 0.2) is 35.9 Å². The lowest BCUT2D eigenvalue weighted by molar-refractivity contribution is -0.203. The molecule has 1 aliphatic rings. The van der Waals surface area contributed by atoms with Crippen molar-refractivity contribution in [2.24, 2.45) is 0 Å². The Morgan fingerprint density at radius 1 is 1.20 bits per heavy atom. The molecule has 1 aromatic rings. The van der Waals surface area contributed by atoms with Crippen LogP contribution in [0.3, 0.4) is 0 Å². The summed E-state index contributed by atoms with van der Waals surface area (Å²) in [6.07, 6.45) is -1.12. The molecule has 1 fully saturated rings. The van der Waals surface area contributed by atoms with Gasteiger partial charge < -0.3 is 4.74 Å². The molecule has 0 bridgehead atoms. The molecule has 2 rings (SSSR count). The fourth-order valence-electron chi connectivity index (χ4n) is 2.26. The smallest absolute Gasteiger partial charge is 0.451 e. The first-order valence-corrected chi connectivity index (χ1v) is 6.50. The van der Waals surface area contributed by atoms with Gasteiger partial charge in [-0.15, -0.1) is 0 Å². The second-order valence-electron chi connectivity index (χ2n) is 4.77. The quantitative estimate of drug-likeness (QED) is 0.764. The van der Waals surface area contributed by atoms with Crippen LogP contribution in [0.2, 0.25) is 0 Å². The fraction of sp³-hybridized carbons (Fsp3) is 0.400. The van der Waals surface area contributed by atoms with Gasteiger partial charge in [-0.25, -0.2) is 4.79 Å².